The molecule has 1 fully saturated rings. The standard InChI is InChI=1S/C14H22N2O3S/c1-3-20(17,18)16-9-7-15(8-10-16)12-13-5-4-6-14(11-13)19-2/h4-6,11H,3,7-10,12H2,1-2H3. The van der Waals surface area contributed by atoms with Crippen LogP contribution in [0.2, 0.25) is 0 Å². The highest BCUT2D eigenvalue weighted by Gasteiger charge is 2.25. The number of benzene rings is 1. The van der Waals surface area contributed by atoms with Gasteiger partial charge in [0.15, 0.2) is 0 Å². The summed E-state index contributed by atoms with van der Waals surface area (Å²) in [6.07, 6.45) is 0. The molecule has 1 heterocycles. The van der Waals surface area contributed by atoms with Gasteiger partial charge in [-0.05, 0) is 24.6 Å². The molecule has 0 bridgehead atoms. The van der Waals surface area contributed by atoms with Crippen LogP contribution in [0.15, 0.2) is 24.3 Å². The summed E-state index contributed by atoms with van der Waals surface area (Å²) in [6.45, 7) is 5.24. The maximum absolute atomic E-state index is 11.8. The van der Waals surface area contributed by atoms with E-state index in [1.165, 1.54) is 5.56 Å². The van der Waals surface area contributed by atoms with Gasteiger partial charge in [-0.3, -0.25) is 4.90 Å². The van der Waals surface area contributed by atoms with Crippen LogP contribution in [0.3, 0.4) is 0 Å². The molecular weight excluding hydrogens is 276 g/mol. The molecule has 1 aliphatic rings. The van der Waals surface area contributed by atoms with Crippen molar-refractivity contribution in [3.63, 3.8) is 0 Å². The van der Waals surface area contributed by atoms with Crippen molar-refractivity contribution in [2.24, 2.45) is 0 Å². The molecule has 0 aliphatic carbocycles. The monoisotopic (exact) mass is 298 g/mol. The van der Waals surface area contributed by atoms with E-state index in [1.807, 2.05) is 18.2 Å². The Labute approximate surface area is 121 Å². The average molecular weight is 298 g/mol. The molecule has 5 nitrogen and oxygen atoms in total. The fourth-order valence-electron chi connectivity index (χ4n) is 2.38. The third-order valence-corrected chi connectivity index (χ3v) is 5.51. The van der Waals surface area contributed by atoms with E-state index in [4.69, 9.17) is 4.74 Å². The van der Waals surface area contributed by atoms with E-state index < -0.39 is 10.0 Å². The highest BCUT2D eigenvalue weighted by Crippen LogP contribution is 2.16. The minimum absolute atomic E-state index is 0.183. The lowest BCUT2D eigenvalue weighted by atomic mass is 10.2. The van der Waals surface area contributed by atoms with Crippen LogP contribution in [0, 0.1) is 0 Å². The molecule has 1 aromatic carbocycles. The Hall–Kier alpha value is -1.11. The second-order valence-corrected chi connectivity index (χ2v) is 7.18. The number of ether oxygens (including phenoxy) is 1. The smallest absolute Gasteiger partial charge is 0.213 e. The zero-order valence-electron chi connectivity index (χ0n) is 12.1. The maximum Gasteiger partial charge on any atom is 0.213 e. The predicted molar refractivity (Wildman–Crippen MR) is 79.3 cm³/mol. The van der Waals surface area contributed by atoms with Gasteiger partial charge in [0, 0.05) is 32.7 Å². The van der Waals surface area contributed by atoms with Crippen LogP contribution in [0.25, 0.3) is 0 Å². The Kier molecular flexibility index (Phi) is 5.01. The first-order valence-corrected chi connectivity index (χ1v) is 8.49. The normalized spacial score (nSPS) is 18.1. The van der Waals surface area contributed by atoms with Crippen molar-refractivity contribution < 1.29 is 13.2 Å². The molecule has 0 amide bonds. The molecular formula is C14H22N2O3S. The van der Waals surface area contributed by atoms with Crippen molar-refractivity contribution in [1.29, 1.82) is 0 Å². The summed E-state index contributed by atoms with van der Waals surface area (Å²) in [4.78, 5) is 2.27. The Balaban J connectivity index is 1.91. The van der Waals surface area contributed by atoms with Gasteiger partial charge < -0.3 is 4.74 Å². The summed E-state index contributed by atoms with van der Waals surface area (Å²) in [5, 5.41) is 0. The molecule has 0 spiro atoms. The van der Waals surface area contributed by atoms with Crippen LogP contribution in [-0.4, -0.2) is 56.7 Å². The fourth-order valence-corrected chi connectivity index (χ4v) is 3.46. The van der Waals surface area contributed by atoms with E-state index in [-0.39, 0.29) is 5.75 Å². The van der Waals surface area contributed by atoms with Gasteiger partial charge in [0.1, 0.15) is 5.75 Å². The van der Waals surface area contributed by atoms with Gasteiger partial charge >= 0.3 is 0 Å². The molecule has 0 N–H and O–H groups in total. The minimum Gasteiger partial charge on any atom is -0.497 e. The third-order valence-electron chi connectivity index (χ3n) is 3.63. The first kappa shape index (κ1) is 15.3. The largest absolute Gasteiger partial charge is 0.497 e. The summed E-state index contributed by atoms with van der Waals surface area (Å²) in [5.74, 6) is 1.04. The molecule has 0 aromatic heterocycles. The topological polar surface area (TPSA) is 49.9 Å². The molecule has 1 aliphatic heterocycles. The zero-order chi connectivity index (χ0) is 14.6. The van der Waals surface area contributed by atoms with E-state index in [0.717, 1.165) is 25.4 Å². The predicted octanol–water partition coefficient (Wildman–Crippen LogP) is 1.16. The number of hydrogen-bond acceptors (Lipinski definition) is 4. The lowest BCUT2D eigenvalue weighted by Gasteiger charge is -2.33. The van der Waals surface area contributed by atoms with Crippen LogP contribution in [0.4, 0.5) is 0 Å². The summed E-state index contributed by atoms with van der Waals surface area (Å²) >= 11 is 0. The molecule has 6 heteroatoms. The van der Waals surface area contributed by atoms with Crippen molar-refractivity contribution in [3.05, 3.63) is 29.8 Å². The summed E-state index contributed by atoms with van der Waals surface area (Å²) in [6, 6.07) is 7.99. The highest BCUT2D eigenvalue weighted by molar-refractivity contribution is 7.89. The van der Waals surface area contributed by atoms with Crippen LogP contribution >= 0.6 is 0 Å². The molecule has 1 saturated heterocycles. The van der Waals surface area contributed by atoms with E-state index in [0.29, 0.717) is 13.1 Å². The lowest BCUT2D eigenvalue weighted by molar-refractivity contribution is 0.181. The summed E-state index contributed by atoms with van der Waals surface area (Å²) in [7, 11) is -1.38. The number of nitrogens with zero attached hydrogens (tertiary/aromatic N) is 2. The van der Waals surface area contributed by atoms with Crippen molar-refractivity contribution in [1.82, 2.24) is 9.21 Å². The third kappa shape index (κ3) is 3.71. The zero-order valence-corrected chi connectivity index (χ0v) is 12.9. The molecule has 1 aromatic rings. The van der Waals surface area contributed by atoms with E-state index in [9.17, 15) is 8.42 Å². The van der Waals surface area contributed by atoms with E-state index >= 15 is 0 Å². The Morgan fingerprint density at radius 2 is 1.90 bits per heavy atom. The first-order valence-electron chi connectivity index (χ1n) is 6.88. The number of sulfonamides is 1. The van der Waals surface area contributed by atoms with Gasteiger partial charge in [-0.2, -0.15) is 4.31 Å². The molecule has 2 rings (SSSR count). The number of piperazine rings is 1. The van der Waals surface area contributed by atoms with Crippen molar-refractivity contribution >= 4 is 10.0 Å². The van der Waals surface area contributed by atoms with Crippen LogP contribution in [0.5, 0.6) is 5.75 Å². The average Bonchev–Trinajstić information content (AvgIpc) is 2.48. The van der Waals surface area contributed by atoms with Crippen molar-refractivity contribution in [2.45, 2.75) is 13.5 Å². The number of methoxy groups -OCH3 is 1. The molecule has 0 radical (unpaired) electrons. The van der Waals surface area contributed by atoms with Gasteiger partial charge in [-0.1, -0.05) is 12.1 Å². The first-order chi connectivity index (χ1) is 9.55. The SMILES string of the molecule is CCS(=O)(=O)N1CCN(Cc2cccc(OC)c2)CC1. The molecule has 20 heavy (non-hydrogen) atoms. The summed E-state index contributed by atoms with van der Waals surface area (Å²) in [5.41, 5.74) is 1.19. The van der Waals surface area contributed by atoms with Crippen LogP contribution in [0.1, 0.15) is 12.5 Å². The van der Waals surface area contributed by atoms with Gasteiger partial charge in [0.05, 0.1) is 12.9 Å². The van der Waals surface area contributed by atoms with Gasteiger partial charge in [-0.25, -0.2) is 8.42 Å². The maximum atomic E-state index is 11.8. The molecule has 0 unspecified atom stereocenters. The minimum atomic E-state index is -3.04. The summed E-state index contributed by atoms with van der Waals surface area (Å²) < 4.78 is 30.4. The second kappa shape index (κ2) is 6.56. The second-order valence-electron chi connectivity index (χ2n) is 4.93. The fraction of sp³-hybridized carbons (Fsp3) is 0.571. The van der Waals surface area contributed by atoms with Crippen LogP contribution in [-0.2, 0) is 16.6 Å². The van der Waals surface area contributed by atoms with Gasteiger partial charge in [-0.15, -0.1) is 0 Å². The van der Waals surface area contributed by atoms with E-state index in [2.05, 4.69) is 11.0 Å². The molecule has 0 atom stereocenters. The van der Waals surface area contributed by atoms with Gasteiger partial charge in [0.2, 0.25) is 10.0 Å². The molecule has 0 saturated carbocycles. The lowest BCUT2D eigenvalue weighted by Crippen LogP contribution is -2.48. The van der Waals surface area contributed by atoms with Gasteiger partial charge in [0.25, 0.3) is 0 Å². The van der Waals surface area contributed by atoms with Crippen molar-refractivity contribution in [3.8, 4) is 5.75 Å². The van der Waals surface area contributed by atoms with E-state index in [1.54, 1.807) is 18.3 Å². The highest BCUT2D eigenvalue weighted by atomic mass is 32.2. The Morgan fingerprint density at radius 1 is 1.20 bits per heavy atom. The number of rotatable bonds is 5. The van der Waals surface area contributed by atoms with Crippen LogP contribution < -0.4 is 4.74 Å². The molecule has 112 valence electrons. The Morgan fingerprint density at radius 3 is 2.50 bits per heavy atom. The Bertz CT molecular complexity index is 537. The number of hydrogen-bond donors (Lipinski definition) is 0. The quantitative estimate of drug-likeness (QED) is 0.818. The van der Waals surface area contributed by atoms with Crippen molar-refractivity contribution in [2.75, 3.05) is 39.0 Å².